The van der Waals surface area contributed by atoms with Crippen molar-refractivity contribution in [1.29, 1.82) is 0 Å². The quantitative estimate of drug-likeness (QED) is 0.834. The summed E-state index contributed by atoms with van der Waals surface area (Å²) in [6.07, 6.45) is 1.07. The smallest absolute Gasteiger partial charge is 0.119 e. The highest BCUT2D eigenvalue weighted by Gasteiger charge is 2.32. The topological polar surface area (TPSA) is 18.5 Å². The van der Waals surface area contributed by atoms with Crippen LogP contribution in [0.5, 0.6) is 5.75 Å². The fraction of sp³-hybridized carbons (Fsp3) is 0.263. The molecule has 1 unspecified atom stereocenters. The van der Waals surface area contributed by atoms with Gasteiger partial charge in [0.2, 0.25) is 0 Å². The summed E-state index contributed by atoms with van der Waals surface area (Å²) in [5, 5.41) is 0. The molecular formula is C19H18O2. The Kier molecular flexibility index (Phi) is 3.04. The molecule has 1 atom stereocenters. The molecule has 1 aliphatic heterocycles. The molecular weight excluding hydrogens is 260 g/mol. The van der Waals surface area contributed by atoms with Crippen LogP contribution in [-0.2, 0) is 11.2 Å². The van der Waals surface area contributed by atoms with Crippen molar-refractivity contribution in [3.05, 3.63) is 70.8 Å². The van der Waals surface area contributed by atoms with Crippen LogP contribution in [0.1, 0.15) is 16.7 Å². The third kappa shape index (κ3) is 2.07. The number of hydrogen-bond acceptors (Lipinski definition) is 2. The maximum absolute atomic E-state index is 5.74. The van der Waals surface area contributed by atoms with Crippen LogP contribution >= 0.6 is 0 Å². The monoisotopic (exact) mass is 278 g/mol. The van der Waals surface area contributed by atoms with E-state index in [4.69, 9.17) is 9.47 Å². The van der Waals surface area contributed by atoms with E-state index in [2.05, 4.69) is 48.5 Å². The number of benzene rings is 2. The van der Waals surface area contributed by atoms with Gasteiger partial charge >= 0.3 is 0 Å². The Morgan fingerprint density at radius 3 is 2.76 bits per heavy atom. The van der Waals surface area contributed by atoms with E-state index in [0.717, 1.165) is 25.4 Å². The number of fused-ring (bicyclic) bond motifs is 2. The Morgan fingerprint density at radius 1 is 1.10 bits per heavy atom. The lowest BCUT2D eigenvalue weighted by Gasteiger charge is -2.26. The number of hydrogen-bond donors (Lipinski definition) is 0. The fourth-order valence-corrected chi connectivity index (χ4v) is 3.47. The normalized spacial score (nSPS) is 20.1. The minimum Gasteiger partial charge on any atom is -0.497 e. The summed E-state index contributed by atoms with van der Waals surface area (Å²) in [6, 6.07) is 17.1. The molecule has 0 aromatic heterocycles. The van der Waals surface area contributed by atoms with Crippen molar-refractivity contribution in [3.8, 4) is 5.75 Å². The molecule has 2 aliphatic rings. The van der Waals surface area contributed by atoms with E-state index in [1.165, 1.54) is 27.8 Å². The third-order valence-corrected chi connectivity index (χ3v) is 4.51. The maximum atomic E-state index is 5.74. The first kappa shape index (κ1) is 12.7. The summed E-state index contributed by atoms with van der Waals surface area (Å²) in [6.45, 7) is 1.60. The van der Waals surface area contributed by atoms with Crippen LogP contribution in [0.3, 0.4) is 0 Å². The molecule has 2 heteroatoms. The lowest BCUT2D eigenvalue weighted by atomic mass is 9.77. The molecule has 4 rings (SSSR count). The zero-order valence-electron chi connectivity index (χ0n) is 12.1. The zero-order valence-corrected chi connectivity index (χ0v) is 12.1. The summed E-state index contributed by atoms with van der Waals surface area (Å²) in [5.41, 5.74) is 6.77. The largest absolute Gasteiger partial charge is 0.497 e. The van der Waals surface area contributed by atoms with Crippen molar-refractivity contribution in [2.75, 3.05) is 20.3 Å². The molecule has 1 heterocycles. The molecule has 106 valence electrons. The molecule has 0 amide bonds. The van der Waals surface area contributed by atoms with Gasteiger partial charge < -0.3 is 9.47 Å². The average molecular weight is 278 g/mol. The molecule has 0 radical (unpaired) electrons. The van der Waals surface area contributed by atoms with Crippen LogP contribution in [0.2, 0.25) is 0 Å². The van der Waals surface area contributed by atoms with Gasteiger partial charge in [0.15, 0.2) is 0 Å². The Labute approximate surface area is 125 Å². The van der Waals surface area contributed by atoms with Crippen LogP contribution in [0, 0.1) is 5.92 Å². The molecule has 0 saturated carbocycles. The van der Waals surface area contributed by atoms with Crippen LogP contribution in [0.4, 0.5) is 0 Å². The second kappa shape index (κ2) is 5.05. The summed E-state index contributed by atoms with van der Waals surface area (Å²) >= 11 is 0. The summed E-state index contributed by atoms with van der Waals surface area (Å²) in [7, 11) is 1.72. The first-order chi connectivity index (χ1) is 10.4. The minimum absolute atomic E-state index is 0.529. The van der Waals surface area contributed by atoms with Gasteiger partial charge in [0.1, 0.15) is 5.75 Å². The highest BCUT2D eigenvalue weighted by atomic mass is 16.5. The van der Waals surface area contributed by atoms with Crippen molar-refractivity contribution in [1.82, 2.24) is 0 Å². The van der Waals surface area contributed by atoms with Gasteiger partial charge in [-0.1, -0.05) is 36.4 Å². The van der Waals surface area contributed by atoms with Crippen LogP contribution in [0.15, 0.2) is 54.1 Å². The first-order valence-corrected chi connectivity index (χ1v) is 7.40. The van der Waals surface area contributed by atoms with E-state index >= 15 is 0 Å². The van der Waals surface area contributed by atoms with Crippen LogP contribution in [0.25, 0.3) is 5.57 Å². The first-order valence-electron chi connectivity index (χ1n) is 7.40. The van der Waals surface area contributed by atoms with E-state index in [9.17, 15) is 0 Å². The minimum atomic E-state index is 0.529. The lowest BCUT2D eigenvalue weighted by molar-refractivity contribution is 0.188. The van der Waals surface area contributed by atoms with E-state index in [0.29, 0.717) is 5.92 Å². The molecule has 0 bridgehead atoms. The highest BCUT2D eigenvalue weighted by molar-refractivity contribution is 5.86. The highest BCUT2D eigenvalue weighted by Crippen LogP contribution is 2.42. The van der Waals surface area contributed by atoms with E-state index < -0.39 is 0 Å². The number of methoxy groups -OCH3 is 1. The second-order valence-electron chi connectivity index (χ2n) is 5.71. The third-order valence-electron chi connectivity index (χ3n) is 4.51. The SMILES string of the molecule is COc1ccc2c(c1)C(c1ccccc1)=C1COCC1C2. The molecule has 1 fully saturated rings. The van der Waals surface area contributed by atoms with Crippen molar-refractivity contribution < 1.29 is 9.47 Å². The standard InChI is InChI=1S/C19H18O2/c1-20-16-8-7-14-9-15-11-21-12-18(15)19(17(14)10-16)13-5-3-2-4-6-13/h2-8,10,15H,9,11-12H2,1H3. The van der Waals surface area contributed by atoms with Crippen molar-refractivity contribution in [3.63, 3.8) is 0 Å². The van der Waals surface area contributed by atoms with Crippen LogP contribution < -0.4 is 4.74 Å². The van der Waals surface area contributed by atoms with Gasteiger partial charge in [0, 0.05) is 5.92 Å². The van der Waals surface area contributed by atoms with Gasteiger partial charge in [-0.25, -0.2) is 0 Å². The molecule has 2 aromatic rings. The molecule has 1 saturated heterocycles. The fourth-order valence-electron chi connectivity index (χ4n) is 3.47. The van der Waals surface area contributed by atoms with Crippen molar-refractivity contribution >= 4 is 5.57 Å². The van der Waals surface area contributed by atoms with E-state index in [1.807, 2.05) is 0 Å². The molecule has 2 nitrogen and oxygen atoms in total. The zero-order chi connectivity index (χ0) is 14.2. The van der Waals surface area contributed by atoms with E-state index in [1.54, 1.807) is 7.11 Å². The van der Waals surface area contributed by atoms with E-state index in [-0.39, 0.29) is 0 Å². The molecule has 21 heavy (non-hydrogen) atoms. The Bertz CT molecular complexity index is 701. The van der Waals surface area contributed by atoms with Gasteiger partial charge in [0.05, 0.1) is 20.3 Å². The molecule has 0 N–H and O–H groups in total. The summed E-state index contributed by atoms with van der Waals surface area (Å²) in [4.78, 5) is 0. The van der Waals surface area contributed by atoms with Gasteiger partial charge in [-0.2, -0.15) is 0 Å². The van der Waals surface area contributed by atoms with Crippen molar-refractivity contribution in [2.45, 2.75) is 6.42 Å². The summed E-state index contributed by atoms with van der Waals surface area (Å²) in [5.74, 6) is 1.45. The predicted molar refractivity (Wildman–Crippen MR) is 83.5 cm³/mol. The Balaban J connectivity index is 1.95. The van der Waals surface area contributed by atoms with Gasteiger partial charge in [-0.15, -0.1) is 0 Å². The summed E-state index contributed by atoms with van der Waals surface area (Å²) < 4.78 is 11.2. The maximum Gasteiger partial charge on any atom is 0.119 e. The predicted octanol–water partition coefficient (Wildman–Crippen LogP) is 3.70. The number of rotatable bonds is 2. The lowest BCUT2D eigenvalue weighted by Crippen LogP contribution is -2.16. The molecule has 1 aliphatic carbocycles. The second-order valence-corrected chi connectivity index (χ2v) is 5.71. The van der Waals surface area contributed by atoms with Gasteiger partial charge in [-0.3, -0.25) is 0 Å². The molecule has 0 spiro atoms. The van der Waals surface area contributed by atoms with Crippen LogP contribution in [-0.4, -0.2) is 20.3 Å². The van der Waals surface area contributed by atoms with Crippen molar-refractivity contribution in [2.24, 2.45) is 5.92 Å². The van der Waals surface area contributed by atoms with Gasteiger partial charge in [0.25, 0.3) is 0 Å². The van der Waals surface area contributed by atoms with Gasteiger partial charge in [-0.05, 0) is 46.4 Å². The molecule has 2 aromatic carbocycles. The Hall–Kier alpha value is -2.06. The number of ether oxygens (including phenoxy) is 2. The average Bonchev–Trinajstić information content (AvgIpc) is 3.00. The Morgan fingerprint density at radius 2 is 1.95 bits per heavy atom.